The highest BCUT2D eigenvalue weighted by atomic mass is 15.2. The van der Waals surface area contributed by atoms with Gasteiger partial charge in [0.15, 0.2) is 5.65 Å². The van der Waals surface area contributed by atoms with Crippen LogP contribution in [0.15, 0.2) is 36.8 Å². The van der Waals surface area contributed by atoms with E-state index in [0.717, 1.165) is 22.3 Å². The summed E-state index contributed by atoms with van der Waals surface area (Å²) >= 11 is 0. The van der Waals surface area contributed by atoms with Crippen LogP contribution in [-0.2, 0) is 0 Å². The Bertz CT molecular complexity index is 717. The maximum absolute atomic E-state index is 6.06. The zero-order valence-corrected chi connectivity index (χ0v) is 10.9. The van der Waals surface area contributed by atoms with Crippen LogP contribution in [0.25, 0.3) is 11.2 Å². The second-order valence-electron chi connectivity index (χ2n) is 4.60. The molecule has 0 aliphatic rings. The molecule has 0 amide bonds. The van der Waals surface area contributed by atoms with Gasteiger partial charge in [-0.1, -0.05) is 0 Å². The van der Waals surface area contributed by atoms with E-state index >= 15 is 0 Å². The summed E-state index contributed by atoms with van der Waals surface area (Å²) < 4.78 is 1.96. The van der Waals surface area contributed by atoms with Crippen LogP contribution in [0, 0.1) is 6.92 Å². The number of nitrogen functional groups attached to an aromatic ring is 1. The Hall–Kier alpha value is -2.43. The highest BCUT2D eigenvalue weighted by molar-refractivity contribution is 5.77. The van der Waals surface area contributed by atoms with E-state index in [1.165, 1.54) is 0 Å². The largest absolute Gasteiger partial charge is 0.369 e. The van der Waals surface area contributed by atoms with Gasteiger partial charge in [0.2, 0.25) is 5.95 Å². The SMILES string of the molecule is Cc1ccnc2c1nc(N)n2C(C)c1ccncc1. The van der Waals surface area contributed by atoms with E-state index in [1.807, 2.05) is 29.7 Å². The molecule has 5 nitrogen and oxygen atoms in total. The fourth-order valence-corrected chi connectivity index (χ4v) is 2.30. The van der Waals surface area contributed by atoms with Crippen LogP contribution in [0.3, 0.4) is 0 Å². The second kappa shape index (κ2) is 4.35. The molecule has 0 radical (unpaired) electrons. The molecule has 0 aliphatic heterocycles. The number of rotatable bonds is 2. The molecule has 0 fully saturated rings. The van der Waals surface area contributed by atoms with Crippen LogP contribution in [0.2, 0.25) is 0 Å². The molecule has 0 aliphatic carbocycles. The Morgan fingerprint density at radius 2 is 1.89 bits per heavy atom. The van der Waals surface area contributed by atoms with Crippen LogP contribution in [0.5, 0.6) is 0 Å². The van der Waals surface area contributed by atoms with E-state index in [1.54, 1.807) is 18.6 Å². The van der Waals surface area contributed by atoms with E-state index in [-0.39, 0.29) is 6.04 Å². The summed E-state index contributed by atoms with van der Waals surface area (Å²) in [7, 11) is 0. The maximum atomic E-state index is 6.06. The van der Waals surface area contributed by atoms with Gasteiger partial charge in [0.25, 0.3) is 0 Å². The average molecular weight is 253 g/mol. The van der Waals surface area contributed by atoms with Crippen molar-refractivity contribution in [2.45, 2.75) is 19.9 Å². The average Bonchev–Trinajstić information content (AvgIpc) is 2.77. The minimum atomic E-state index is 0.0716. The number of fused-ring (bicyclic) bond motifs is 1. The van der Waals surface area contributed by atoms with Crippen LogP contribution in [-0.4, -0.2) is 19.5 Å². The van der Waals surface area contributed by atoms with Crippen molar-refractivity contribution in [3.05, 3.63) is 47.9 Å². The van der Waals surface area contributed by atoms with Gasteiger partial charge in [0.05, 0.1) is 6.04 Å². The van der Waals surface area contributed by atoms with Gasteiger partial charge in [0.1, 0.15) is 5.52 Å². The molecule has 96 valence electrons. The summed E-state index contributed by atoms with van der Waals surface area (Å²) in [4.78, 5) is 12.9. The maximum Gasteiger partial charge on any atom is 0.203 e. The van der Waals surface area contributed by atoms with E-state index in [4.69, 9.17) is 5.73 Å². The van der Waals surface area contributed by atoms with Crippen molar-refractivity contribution in [2.24, 2.45) is 0 Å². The van der Waals surface area contributed by atoms with E-state index in [2.05, 4.69) is 21.9 Å². The van der Waals surface area contributed by atoms with Gasteiger partial charge in [-0.25, -0.2) is 9.97 Å². The molecule has 1 atom stereocenters. The molecule has 2 N–H and O–H groups in total. The highest BCUT2D eigenvalue weighted by Crippen LogP contribution is 2.26. The van der Waals surface area contributed by atoms with Crippen molar-refractivity contribution < 1.29 is 0 Å². The molecule has 0 saturated carbocycles. The lowest BCUT2D eigenvalue weighted by Crippen LogP contribution is -2.10. The van der Waals surface area contributed by atoms with Crippen molar-refractivity contribution in [3.8, 4) is 0 Å². The minimum Gasteiger partial charge on any atom is -0.369 e. The highest BCUT2D eigenvalue weighted by Gasteiger charge is 2.17. The van der Waals surface area contributed by atoms with Gasteiger partial charge in [-0.2, -0.15) is 0 Å². The number of pyridine rings is 2. The first-order chi connectivity index (χ1) is 9.18. The van der Waals surface area contributed by atoms with Gasteiger partial charge in [-0.15, -0.1) is 0 Å². The van der Waals surface area contributed by atoms with Crippen LogP contribution in [0.4, 0.5) is 5.95 Å². The molecule has 5 heteroatoms. The second-order valence-corrected chi connectivity index (χ2v) is 4.60. The molecule has 3 heterocycles. The predicted octanol–water partition coefficient (Wildman–Crippen LogP) is 2.33. The summed E-state index contributed by atoms with van der Waals surface area (Å²) in [6.45, 7) is 4.09. The van der Waals surface area contributed by atoms with E-state index in [0.29, 0.717) is 5.95 Å². The standard InChI is InChI=1S/C14H15N5/c1-9-3-8-17-13-12(9)18-14(15)19(13)10(2)11-4-6-16-7-5-11/h3-8,10H,1-2H3,(H2,15,18). The van der Waals surface area contributed by atoms with Gasteiger partial charge < -0.3 is 5.73 Å². The smallest absolute Gasteiger partial charge is 0.203 e. The number of nitrogens with zero attached hydrogens (tertiary/aromatic N) is 4. The summed E-state index contributed by atoms with van der Waals surface area (Å²) in [5.41, 5.74) is 9.95. The van der Waals surface area contributed by atoms with Crippen molar-refractivity contribution >= 4 is 17.1 Å². The van der Waals surface area contributed by atoms with Crippen LogP contribution >= 0.6 is 0 Å². The number of imidazole rings is 1. The molecule has 3 rings (SSSR count). The number of hydrogen-bond acceptors (Lipinski definition) is 4. The zero-order chi connectivity index (χ0) is 13.4. The summed E-state index contributed by atoms with van der Waals surface area (Å²) in [6, 6.07) is 5.97. The molecule has 0 saturated heterocycles. The number of nitrogens with two attached hydrogens (primary N) is 1. The van der Waals surface area contributed by atoms with E-state index in [9.17, 15) is 0 Å². The topological polar surface area (TPSA) is 69.6 Å². The molecule has 19 heavy (non-hydrogen) atoms. The lowest BCUT2D eigenvalue weighted by molar-refractivity contribution is 0.661. The fourth-order valence-electron chi connectivity index (χ4n) is 2.30. The third-order valence-corrected chi connectivity index (χ3v) is 3.38. The van der Waals surface area contributed by atoms with Crippen LogP contribution < -0.4 is 5.73 Å². The normalized spacial score (nSPS) is 12.7. The van der Waals surface area contributed by atoms with Crippen molar-refractivity contribution in [1.82, 2.24) is 19.5 Å². The molecule has 0 spiro atoms. The first-order valence-electron chi connectivity index (χ1n) is 6.17. The van der Waals surface area contributed by atoms with E-state index < -0.39 is 0 Å². The number of aromatic nitrogens is 4. The van der Waals surface area contributed by atoms with Gasteiger partial charge in [0, 0.05) is 18.6 Å². The molecular formula is C14H15N5. The van der Waals surface area contributed by atoms with Crippen molar-refractivity contribution in [3.63, 3.8) is 0 Å². The zero-order valence-electron chi connectivity index (χ0n) is 10.9. The fraction of sp³-hybridized carbons (Fsp3) is 0.214. The first kappa shape index (κ1) is 11.6. The number of anilines is 1. The van der Waals surface area contributed by atoms with Gasteiger partial charge >= 0.3 is 0 Å². The first-order valence-corrected chi connectivity index (χ1v) is 6.17. The molecule has 3 aromatic heterocycles. The van der Waals surface area contributed by atoms with Crippen molar-refractivity contribution in [1.29, 1.82) is 0 Å². The Labute approximate surface area is 111 Å². The van der Waals surface area contributed by atoms with Crippen molar-refractivity contribution in [2.75, 3.05) is 5.73 Å². The summed E-state index contributed by atoms with van der Waals surface area (Å²) in [5.74, 6) is 0.487. The third kappa shape index (κ3) is 1.83. The predicted molar refractivity (Wildman–Crippen MR) is 74.7 cm³/mol. The Kier molecular flexibility index (Phi) is 2.67. The van der Waals surface area contributed by atoms with Crippen LogP contribution in [0.1, 0.15) is 24.1 Å². The summed E-state index contributed by atoms with van der Waals surface area (Å²) in [5, 5.41) is 0. The number of hydrogen-bond donors (Lipinski definition) is 1. The summed E-state index contributed by atoms with van der Waals surface area (Å²) in [6.07, 6.45) is 5.34. The third-order valence-electron chi connectivity index (χ3n) is 3.38. The molecule has 0 bridgehead atoms. The molecule has 3 aromatic rings. The Morgan fingerprint density at radius 1 is 1.16 bits per heavy atom. The van der Waals surface area contributed by atoms with Gasteiger partial charge in [-0.05, 0) is 43.2 Å². The minimum absolute atomic E-state index is 0.0716. The quantitative estimate of drug-likeness (QED) is 0.761. The number of aryl methyl sites for hydroxylation is 1. The van der Waals surface area contributed by atoms with Gasteiger partial charge in [-0.3, -0.25) is 9.55 Å². The Morgan fingerprint density at radius 3 is 2.63 bits per heavy atom. The molecule has 1 unspecified atom stereocenters. The Balaban J connectivity index is 2.20. The lowest BCUT2D eigenvalue weighted by Gasteiger charge is -2.15. The molecular weight excluding hydrogens is 238 g/mol. The lowest BCUT2D eigenvalue weighted by atomic mass is 10.1. The monoisotopic (exact) mass is 253 g/mol. The molecule has 0 aromatic carbocycles.